The number of anilines is 2. The summed E-state index contributed by atoms with van der Waals surface area (Å²) in [6.07, 6.45) is 0. The molecular weight excluding hydrogens is 488 g/mol. The van der Waals surface area contributed by atoms with Crippen LogP contribution >= 0.6 is 0 Å². The molecule has 2 unspecified atom stereocenters. The highest BCUT2D eigenvalue weighted by Gasteiger charge is 2.33. The third kappa shape index (κ3) is 4.77. The Labute approximate surface area is 236 Å². The third-order valence-electron chi connectivity index (χ3n) is 7.85. The largest absolute Gasteiger partial charge is 0.363 e. The Bertz CT molecular complexity index is 1630. The van der Waals surface area contributed by atoms with Crippen molar-refractivity contribution in [2.24, 2.45) is 0 Å². The zero-order valence-corrected chi connectivity index (χ0v) is 23.5. The molecule has 0 bridgehead atoms. The van der Waals surface area contributed by atoms with Crippen molar-refractivity contribution in [1.82, 2.24) is 9.97 Å². The summed E-state index contributed by atoms with van der Waals surface area (Å²) in [6.45, 7) is 4.11. The molecule has 0 saturated heterocycles. The van der Waals surface area contributed by atoms with Gasteiger partial charge in [-0.05, 0) is 49.2 Å². The Morgan fingerprint density at radius 2 is 0.850 bits per heavy atom. The standard InChI is InChI=1S/C36H34N4/c1-25-21-23-27-17-11-19-31(33(27)37-25)39(3)35(29-13-7-5-8-14-29)36(30-15-9-6-10-16-30)40(4)32-20-12-18-28-24-22-26(2)38-34(28)32/h5-24,35-36H,1-4H3. The van der Waals surface area contributed by atoms with Crippen LogP contribution in [0.15, 0.2) is 121 Å². The van der Waals surface area contributed by atoms with Crippen LogP contribution in [-0.4, -0.2) is 24.1 Å². The van der Waals surface area contributed by atoms with Crippen LogP contribution < -0.4 is 9.80 Å². The summed E-state index contributed by atoms with van der Waals surface area (Å²) in [6, 6.07) is 43.0. The Morgan fingerprint density at radius 1 is 0.450 bits per heavy atom. The number of rotatable bonds is 7. The maximum absolute atomic E-state index is 4.99. The van der Waals surface area contributed by atoms with Gasteiger partial charge in [-0.2, -0.15) is 0 Å². The van der Waals surface area contributed by atoms with Crippen molar-refractivity contribution >= 4 is 33.2 Å². The average molecular weight is 523 g/mol. The van der Waals surface area contributed by atoms with Gasteiger partial charge in [0.25, 0.3) is 0 Å². The van der Waals surface area contributed by atoms with Gasteiger partial charge in [0.1, 0.15) is 0 Å². The fourth-order valence-electron chi connectivity index (χ4n) is 5.86. The molecule has 0 aliphatic carbocycles. The van der Waals surface area contributed by atoms with Gasteiger partial charge in [-0.25, -0.2) is 0 Å². The normalized spacial score (nSPS) is 12.8. The van der Waals surface area contributed by atoms with E-state index >= 15 is 0 Å². The lowest BCUT2D eigenvalue weighted by Crippen LogP contribution is -2.38. The molecule has 198 valence electrons. The van der Waals surface area contributed by atoms with Crippen LogP contribution in [0.3, 0.4) is 0 Å². The predicted octanol–water partition coefficient (Wildman–Crippen LogP) is 8.46. The van der Waals surface area contributed by atoms with Crippen molar-refractivity contribution in [3.8, 4) is 0 Å². The number of pyridine rings is 2. The van der Waals surface area contributed by atoms with Crippen LogP contribution in [0.2, 0.25) is 0 Å². The van der Waals surface area contributed by atoms with E-state index in [0.717, 1.165) is 44.6 Å². The summed E-state index contributed by atoms with van der Waals surface area (Å²) >= 11 is 0. The molecular formula is C36H34N4. The molecule has 4 heteroatoms. The summed E-state index contributed by atoms with van der Waals surface area (Å²) in [7, 11) is 4.40. The van der Waals surface area contributed by atoms with Crippen LogP contribution in [0, 0.1) is 13.8 Å². The highest BCUT2D eigenvalue weighted by atomic mass is 15.2. The second-order valence-corrected chi connectivity index (χ2v) is 10.5. The van der Waals surface area contributed by atoms with Crippen molar-refractivity contribution in [2.75, 3.05) is 23.9 Å². The van der Waals surface area contributed by atoms with Gasteiger partial charge in [-0.15, -0.1) is 0 Å². The lowest BCUT2D eigenvalue weighted by atomic mass is 9.90. The smallest absolute Gasteiger partial charge is 0.0938 e. The van der Waals surface area contributed by atoms with E-state index in [1.54, 1.807) is 0 Å². The molecule has 0 saturated carbocycles. The Balaban J connectivity index is 1.58. The zero-order valence-electron chi connectivity index (χ0n) is 23.5. The summed E-state index contributed by atoms with van der Waals surface area (Å²) < 4.78 is 0. The minimum atomic E-state index is -0.0263. The molecule has 2 atom stereocenters. The number of hydrogen-bond acceptors (Lipinski definition) is 4. The molecule has 0 aliphatic rings. The van der Waals surface area contributed by atoms with Crippen LogP contribution in [0.1, 0.15) is 34.6 Å². The van der Waals surface area contributed by atoms with E-state index < -0.39 is 0 Å². The topological polar surface area (TPSA) is 32.3 Å². The number of aromatic nitrogens is 2. The minimum Gasteiger partial charge on any atom is -0.363 e. The lowest BCUT2D eigenvalue weighted by molar-refractivity contribution is 0.522. The highest BCUT2D eigenvalue weighted by Crippen LogP contribution is 2.43. The molecule has 2 heterocycles. The second-order valence-electron chi connectivity index (χ2n) is 10.5. The summed E-state index contributed by atoms with van der Waals surface area (Å²) in [5, 5.41) is 2.28. The van der Waals surface area contributed by atoms with Gasteiger partial charge in [0, 0.05) is 36.3 Å². The van der Waals surface area contributed by atoms with Crippen molar-refractivity contribution in [3.05, 3.63) is 144 Å². The molecule has 4 nitrogen and oxygen atoms in total. The molecule has 6 rings (SSSR count). The van der Waals surface area contributed by atoms with Crippen LogP contribution in [0.4, 0.5) is 11.4 Å². The number of aryl methyl sites for hydroxylation is 2. The summed E-state index contributed by atoms with van der Waals surface area (Å²) in [5.74, 6) is 0. The van der Waals surface area contributed by atoms with Gasteiger partial charge in [-0.1, -0.05) is 97.1 Å². The van der Waals surface area contributed by atoms with Crippen molar-refractivity contribution < 1.29 is 0 Å². The maximum Gasteiger partial charge on any atom is 0.0938 e. The average Bonchev–Trinajstić information content (AvgIpc) is 2.99. The molecule has 0 spiro atoms. The summed E-state index contributed by atoms with van der Waals surface area (Å²) in [5.41, 5.74) is 8.75. The molecule has 40 heavy (non-hydrogen) atoms. The first-order chi connectivity index (χ1) is 19.5. The fraction of sp³-hybridized carbons (Fsp3) is 0.167. The SMILES string of the molecule is Cc1ccc2cccc(N(C)C(c3ccccc3)C(c3ccccc3)N(C)c3cccc4ccc(C)nc34)c2n1. The third-order valence-corrected chi connectivity index (χ3v) is 7.85. The quantitative estimate of drug-likeness (QED) is 0.211. The summed E-state index contributed by atoms with van der Waals surface area (Å²) in [4.78, 5) is 14.8. The molecule has 0 radical (unpaired) electrons. The number of hydrogen-bond donors (Lipinski definition) is 0. The molecule has 6 aromatic rings. The van der Waals surface area contributed by atoms with E-state index in [0.29, 0.717) is 0 Å². The monoisotopic (exact) mass is 522 g/mol. The van der Waals surface area contributed by atoms with E-state index in [4.69, 9.17) is 9.97 Å². The van der Waals surface area contributed by atoms with Gasteiger partial charge < -0.3 is 9.80 Å². The van der Waals surface area contributed by atoms with Crippen LogP contribution in [0.25, 0.3) is 21.8 Å². The van der Waals surface area contributed by atoms with Gasteiger partial charge >= 0.3 is 0 Å². The van der Waals surface area contributed by atoms with Crippen molar-refractivity contribution in [1.29, 1.82) is 0 Å². The van der Waals surface area contributed by atoms with E-state index in [1.165, 1.54) is 11.1 Å². The molecule has 2 aromatic heterocycles. The lowest BCUT2D eigenvalue weighted by Gasteiger charge is -2.42. The zero-order chi connectivity index (χ0) is 27.6. The van der Waals surface area contributed by atoms with E-state index in [9.17, 15) is 0 Å². The predicted molar refractivity (Wildman–Crippen MR) is 168 cm³/mol. The number of nitrogens with zero attached hydrogens (tertiary/aromatic N) is 4. The first-order valence-electron chi connectivity index (χ1n) is 13.8. The molecule has 4 aromatic carbocycles. The van der Waals surface area contributed by atoms with Gasteiger partial charge in [0.2, 0.25) is 0 Å². The maximum atomic E-state index is 4.99. The first-order valence-corrected chi connectivity index (χ1v) is 13.8. The van der Waals surface area contributed by atoms with E-state index in [1.807, 2.05) is 0 Å². The molecule has 0 amide bonds. The number of fused-ring (bicyclic) bond motifs is 2. The number of likely N-dealkylation sites (N-methyl/N-ethyl adjacent to an activating group) is 2. The fourth-order valence-corrected chi connectivity index (χ4v) is 5.86. The van der Waals surface area contributed by atoms with Gasteiger partial charge in [0.15, 0.2) is 0 Å². The molecule has 0 N–H and O–H groups in total. The van der Waals surface area contributed by atoms with Crippen LogP contribution in [-0.2, 0) is 0 Å². The molecule has 0 aliphatic heterocycles. The second kappa shape index (κ2) is 10.8. The Morgan fingerprint density at radius 3 is 1.25 bits per heavy atom. The van der Waals surface area contributed by atoms with Crippen LogP contribution in [0.5, 0.6) is 0 Å². The highest BCUT2D eigenvalue weighted by molar-refractivity contribution is 5.92. The van der Waals surface area contributed by atoms with Gasteiger partial charge in [0.05, 0.1) is 34.5 Å². The number of benzene rings is 4. The Kier molecular flexibility index (Phi) is 6.91. The number of para-hydroxylation sites is 2. The van der Waals surface area contributed by atoms with E-state index in [2.05, 4.69) is 159 Å². The van der Waals surface area contributed by atoms with Crippen molar-refractivity contribution in [2.45, 2.75) is 25.9 Å². The van der Waals surface area contributed by atoms with E-state index in [-0.39, 0.29) is 12.1 Å². The first kappa shape index (κ1) is 25.6. The Hall–Kier alpha value is -4.70. The molecule has 0 fully saturated rings. The van der Waals surface area contributed by atoms with Gasteiger partial charge in [-0.3, -0.25) is 9.97 Å². The van der Waals surface area contributed by atoms with Crippen molar-refractivity contribution in [3.63, 3.8) is 0 Å². The minimum absolute atomic E-state index is 0.0263.